The Morgan fingerprint density at radius 1 is 1.16 bits per heavy atom. The quantitative estimate of drug-likeness (QED) is 0.518. The minimum atomic E-state index is -0.321. The van der Waals surface area contributed by atoms with Crippen LogP contribution in [-0.2, 0) is 9.57 Å². The number of aliphatic hydroxyl groups excluding tert-OH is 1. The van der Waals surface area contributed by atoms with Crippen LogP contribution in [0.2, 0.25) is 0 Å². The molecule has 0 saturated carbocycles. The van der Waals surface area contributed by atoms with Crippen LogP contribution in [0.15, 0.2) is 41.6 Å². The fourth-order valence-electron chi connectivity index (χ4n) is 3.81. The molecule has 3 rings (SSSR count). The number of amides is 1. The van der Waals surface area contributed by atoms with Gasteiger partial charge in [-0.05, 0) is 48.7 Å². The first-order chi connectivity index (χ1) is 15.0. The second-order valence-corrected chi connectivity index (χ2v) is 7.61. The van der Waals surface area contributed by atoms with Crippen molar-refractivity contribution in [1.29, 1.82) is 0 Å². The smallest absolute Gasteiger partial charge is 0.254 e. The van der Waals surface area contributed by atoms with Crippen molar-refractivity contribution in [2.24, 2.45) is 5.16 Å². The van der Waals surface area contributed by atoms with Crippen LogP contribution in [0, 0.1) is 13.8 Å². The van der Waals surface area contributed by atoms with E-state index < -0.39 is 0 Å². The summed E-state index contributed by atoms with van der Waals surface area (Å²) in [4.78, 5) is 19.7. The van der Waals surface area contributed by atoms with Gasteiger partial charge in [0.05, 0.1) is 31.5 Å². The second kappa shape index (κ2) is 10.4. The maximum Gasteiger partial charge on any atom is 0.254 e. The van der Waals surface area contributed by atoms with E-state index in [4.69, 9.17) is 14.3 Å². The highest BCUT2D eigenvalue weighted by Crippen LogP contribution is 2.35. The number of benzene rings is 2. The van der Waals surface area contributed by atoms with E-state index >= 15 is 0 Å². The molecule has 0 spiro atoms. The molecule has 1 atom stereocenters. The van der Waals surface area contributed by atoms with E-state index in [9.17, 15) is 9.90 Å². The first-order valence-electron chi connectivity index (χ1n) is 10.3. The van der Waals surface area contributed by atoms with Gasteiger partial charge in [0.15, 0.2) is 0 Å². The summed E-state index contributed by atoms with van der Waals surface area (Å²) in [5.41, 5.74) is 5.58. The molecule has 1 heterocycles. The summed E-state index contributed by atoms with van der Waals surface area (Å²) in [6.45, 7) is 5.17. The molecule has 0 unspecified atom stereocenters. The third-order valence-corrected chi connectivity index (χ3v) is 5.63. The zero-order chi connectivity index (χ0) is 22.4. The van der Waals surface area contributed by atoms with Crippen molar-refractivity contribution in [3.05, 3.63) is 53.1 Å². The van der Waals surface area contributed by atoms with Gasteiger partial charge in [0.2, 0.25) is 0 Å². The average Bonchev–Trinajstić information content (AvgIpc) is 3.19. The molecule has 1 amide bonds. The molecule has 0 radical (unpaired) electrons. The van der Waals surface area contributed by atoms with Crippen LogP contribution in [0.4, 0.5) is 0 Å². The number of aryl methyl sites for hydroxylation is 1. The predicted molar refractivity (Wildman–Crippen MR) is 120 cm³/mol. The Bertz CT molecular complexity index is 957. The van der Waals surface area contributed by atoms with Gasteiger partial charge in [-0.2, -0.15) is 0 Å². The van der Waals surface area contributed by atoms with Crippen molar-refractivity contribution in [3.8, 4) is 16.9 Å². The van der Waals surface area contributed by atoms with Crippen molar-refractivity contribution in [2.45, 2.75) is 26.3 Å². The molecule has 2 aromatic carbocycles. The SMILES string of the molecule is COCCOc1cc(C(=O)N2C/C(=N\OC)C[C@H]2CO)ccc1-c1cccc(C)c1C. The van der Waals surface area contributed by atoms with Gasteiger partial charge in [-0.15, -0.1) is 0 Å². The van der Waals surface area contributed by atoms with E-state index in [1.54, 1.807) is 18.1 Å². The number of methoxy groups -OCH3 is 1. The minimum Gasteiger partial charge on any atom is -0.491 e. The number of aliphatic hydroxyl groups is 1. The van der Waals surface area contributed by atoms with E-state index in [1.807, 2.05) is 18.2 Å². The predicted octanol–water partition coefficient (Wildman–Crippen LogP) is 3.20. The molecule has 31 heavy (non-hydrogen) atoms. The molecular formula is C24H30N2O5. The zero-order valence-electron chi connectivity index (χ0n) is 18.6. The minimum absolute atomic E-state index is 0.133. The summed E-state index contributed by atoms with van der Waals surface area (Å²) in [7, 11) is 3.09. The fourth-order valence-corrected chi connectivity index (χ4v) is 3.81. The van der Waals surface area contributed by atoms with Crippen molar-refractivity contribution in [2.75, 3.05) is 40.6 Å². The highest BCUT2D eigenvalue weighted by atomic mass is 16.6. The number of ether oxygens (including phenoxy) is 2. The Hall–Kier alpha value is -2.90. The number of hydrogen-bond donors (Lipinski definition) is 1. The number of rotatable bonds is 8. The van der Waals surface area contributed by atoms with E-state index in [2.05, 4.69) is 31.1 Å². The summed E-state index contributed by atoms with van der Waals surface area (Å²) in [5, 5.41) is 13.7. The van der Waals surface area contributed by atoms with Gasteiger partial charge in [0, 0.05) is 24.7 Å². The van der Waals surface area contributed by atoms with Gasteiger partial charge in [-0.1, -0.05) is 23.4 Å². The van der Waals surface area contributed by atoms with E-state index in [0.29, 0.717) is 37.5 Å². The maximum atomic E-state index is 13.3. The van der Waals surface area contributed by atoms with Crippen LogP contribution >= 0.6 is 0 Å². The molecule has 1 fully saturated rings. The van der Waals surface area contributed by atoms with Crippen molar-refractivity contribution in [3.63, 3.8) is 0 Å². The summed E-state index contributed by atoms with van der Waals surface area (Å²) >= 11 is 0. The molecule has 0 aromatic heterocycles. The van der Waals surface area contributed by atoms with Crippen molar-refractivity contribution in [1.82, 2.24) is 4.90 Å². The van der Waals surface area contributed by atoms with Crippen molar-refractivity contribution >= 4 is 11.6 Å². The third-order valence-electron chi connectivity index (χ3n) is 5.63. The van der Waals surface area contributed by atoms with Gasteiger partial charge < -0.3 is 24.3 Å². The lowest BCUT2D eigenvalue weighted by Gasteiger charge is -2.23. The number of likely N-dealkylation sites (tertiary alicyclic amines) is 1. The fraction of sp³-hybridized carbons (Fsp3) is 0.417. The topological polar surface area (TPSA) is 80.6 Å². The number of oxime groups is 1. The average molecular weight is 427 g/mol. The molecule has 0 bridgehead atoms. The first kappa shape index (κ1) is 22.8. The third kappa shape index (κ3) is 5.06. The number of carbonyl (C=O) groups excluding carboxylic acids is 1. The second-order valence-electron chi connectivity index (χ2n) is 7.61. The molecule has 1 N–H and O–H groups in total. The zero-order valence-corrected chi connectivity index (χ0v) is 18.6. The van der Waals surface area contributed by atoms with Crippen molar-refractivity contribution < 1.29 is 24.2 Å². The molecular weight excluding hydrogens is 396 g/mol. The first-order valence-corrected chi connectivity index (χ1v) is 10.3. The highest BCUT2D eigenvalue weighted by molar-refractivity contribution is 6.01. The molecule has 0 aliphatic carbocycles. The highest BCUT2D eigenvalue weighted by Gasteiger charge is 2.33. The monoisotopic (exact) mass is 426 g/mol. The number of hydrogen-bond acceptors (Lipinski definition) is 6. The maximum absolute atomic E-state index is 13.3. The lowest BCUT2D eigenvalue weighted by molar-refractivity contribution is 0.0679. The molecule has 1 aliphatic heterocycles. The molecule has 166 valence electrons. The molecule has 1 saturated heterocycles. The standard InChI is InChI=1S/C24H30N2O5/c1-16-6-5-7-21(17(16)2)22-9-8-18(12-23(22)31-11-10-29-3)24(28)26-14-19(25-30-4)13-20(26)15-27/h5-9,12,20,27H,10-11,13-15H2,1-4H3/b25-19-/t20-/m0/s1. The lowest BCUT2D eigenvalue weighted by Crippen LogP contribution is -2.37. The van der Waals surface area contributed by atoms with Gasteiger partial charge in [0.1, 0.15) is 19.5 Å². The Labute approximate surface area is 183 Å². The van der Waals surface area contributed by atoms with Crippen LogP contribution in [0.1, 0.15) is 27.9 Å². The van der Waals surface area contributed by atoms with E-state index in [0.717, 1.165) is 16.8 Å². The van der Waals surface area contributed by atoms with Crippen LogP contribution < -0.4 is 4.74 Å². The molecule has 7 nitrogen and oxygen atoms in total. The summed E-state index contributed by atoms with van der Waals surface area (Å²) in [6.07, 6.45) is 0.494. The van der Waals surface area contributed by atoms with Crippen LogP contribution in [-0.4, -0.2) is 68.3 Å². The summed E-state index contributed by atoms with van der Waals surface area (Å²) in [6, 6.07) is 11.3. The molecule has 1 aliphatic rings. The normalized spacial score (nSPS) is 17.3. The Morgan fingerprint density at radius 2 is 1.97 bits per heavy atom. The number of nitrogens with zero attached hydrogens (tertiary/aromatic N) is 2. The molecule has 7 heteroatoms. The summed E-state index contributed by atoms with van der Waals surface area (Å²) < 4.78 is 11.1. The Kier molecular flexibility index (Phi) is 7.65. The van der Waals surface area contributed by atoms with E-state index in [-0.39, 0.29) is 18.6 Å². The largest absolute Gasteiger partial charge is 0.491 e. The van der Waals surface area contributed by atoms with Gasteiger partial charge >= 0.3 is 0 Å². The van der Waals surface area contributed by atoms with Gasteiger partial charge in [-0.3, -0.25) is 4.79 Å². The van der Waals surface area contributed by atoms with Crippen LogP contribution in [0.5, 0.6) is 5.75 Å². The Balaban J connectivity index is 1.96. The summed E-state index contributed by atoms with van der Waals surface area (Å²) in [5.74, 6) is 0.451. The van der Waals surface area contributed by atoms with E-state index in [1.165, 1.54) is 18.2 Å². The Morgan fingerprint density at radius 3 is 2.68 bits per heavy atom. The molecule has 2 aromatic rings. The van der Waals surface area contributed by atoms with Gasteiger partial charge in [-0.25, -0.2) is 0 Å². The number of carbonyl (C=O) groups is 1. The van der Waals surface area contributed by atoms with Crippen LogP contribution in [0.3, 0.4) is 0 Å². The lowest BCUT2D eigenvalue weighted by atomic mass is 9.95. The van der Waals surface area contributed by atoms with Crippen LogP contribution in [0.25, 0.3) is 11.1 Å². The van der Waals surface area contributed by atoms with Gasteiger partial charge in [0.25, 0.3) is 5.91 Å².